The molecule has 2 rings (SSSR count). The summed E-state index contributed by atoms with van der Waals surface area (Å²) in [5.41, 5.74) is 1.04. The number of likely N-dealkylation sites (tertiary alicyclic amines) is 1. The van der Waals surface area contributed by atoms with Crippen LogP contribution >= 0.6 is 0 Å². The molecule has 2 unspecified atom stereocenters. The quantitative estimate of drug-likeness (QED) is 0.891. The summed E-state index contributed by atoms with van der Waals surface area (Å²) in [5.74, 6) is -1.96. The minimum absolute atomic E-state index is 0.00635. The van der Waals surface area contributed by atoms with Gasteiger partial charge in [0.25, 0.3) is 0 Å². The predicted octanol–water partition coefficient (Wildman–Crippen LogP) is 1.55. The van der Waals surface area contributed by atoms with E-state index in [4.69, 9.17) is 5.26 Å². The highest BCUT2D eigenvalue weighted by molar-refractivity contribution is 5.87. The van der Waals surface area contributed by atoms with Crippen LogP contribution in [0.5, 0.6) is 0 Å². The van der Waals surface area contributed by atoms with Crippen LogP contribution in [0.4, 0.5) is 0 Å². The average Bonchev–Trinajstić information content (AvgIpc) is 2.75. The molecule has 1 N–H and O–H groups in total. The maximum atomic E-state index is 11.9. The van der Waals surface area contributed by atoms with Crippen LogP contribution in [-0.4, -0.2) is 28.4 Å². The van der Waals surface area contributed by atoms with Crippen molar-refractivity contribution in [3.8, 4) is 6.07 Å². The second-order valence-electron chi connectivity index (χ2n) is 4.47. The average molecular weight is 258 g/mol. The fourth-order valence-corrected chi connectivity index (χ4v) is 2.63. The van der Waals surface area contributed by atoms with Gasteiger partial charge in [0.15, 0.2) is 0 Å². The van der Waals surface area contributed by atoms with E-state index in [1.54, 1.807) is 24.3 Å². The Kier molecular flexibility index (Phi) is 3.52. The molecule has 1 saturated heterocycles. The van der Waals surface area contributed by atoms with Gasteiger partial charge in [-0.1, -0.05) is 18.2 Å². The summed E-state index contributed by atoms with van der Waals surface area (Å²) in [5, 5.41) is 18.4. The number of rotatable bonds is 3. The van der Waals surface area contributed by atoms with Gasteiger partial charge < -0.3 is 10.0 Å². The number of carboxylic acid groups (broad SMARTS) is 1. The third-order valence-electron chi connectivity index (χ3n) is 3.49. The molecule has 19 heavy (non-hydrogen) atoms. The summed E-state index contributed by atoms with van der Waals surface area (Å²) in [4.78, 5) is 24.8. The second kappa shape index (κ2) is 5.11. The fourth-order valence-electron chi connectivity index (χ4n) is 2.63. The smallest absolute Gasteiger partial charge is 0.309 e. The van der Waals surface area contributed by atoms with Crippen LogP contribution in [-0.2, 0) is 9.59 Å². The van der Waals surface area contributed by atoms with Crippen molar-refractivity contribution in [2.45, 2.75) is 19.4 Å². The van der Waals surface area contributed by atoms with Gasteiger partial charge in [0.2, 0.25) is 5.91 Å². The third-order valence-corrected chi connectivity index (χ3v) is 3.49. The number of carboxylic acids is 1. The number of hydrogen-bond acceptors (Lipinski definition) is 3. The first-order chi connectivity index (χ1) is 9.10. The highest BCUT2D eigenvalue weighted by Crippen LogP contribution is 2.39. The van der Waals surface area contributed by atoms with E-state index in [0.29, 0.717) is 17.7 Å². The SMILES string of the molecule is CCN1C(=O)CC(C(=O)O)C1c1ccccc1C#N. The monoisotopic (exact) mass is 258 g/mol. The number of nitriles is 1. The van der Waals surface area contributed by atoms with Gasteiger partial charge in [0.05, 0.1) is 23.6 Å². The van der Waals surface area contributed by atoms with Crippen molar-refractivity contribution in [3.05, 3.63) is 35.4 Å². The lowest BCUT2D eigenvalue weighted by atomic mass is 9.91. The molecule has 1 aliphatic heterocycles. The second-order valence-corrected chi connectivity index (χ2v) is 4.47. The molecule has 0 radical (unpaired) electrons. The number of nitrogens with zero attached hydrogens (tertiary/aromatic N) is 2. The van der Waals surface area contributed by atoms with Crippen LogP contribution < -0.4 is 0 Å². The Morgan fingerprint density at radius 3 is 2.79 bits per heavy atom. The lowest BCUT2D eigenvalue weighted by molar-refractivity contribution is -0.142. The minimum Gasteiger partial charge on any atom is -0.481 e. The molecule has 2 atom stereocenters. The van der Waals surface area contributed by atoms with Crippen molar-refractivity contribution < 1.29 is 14.7 Å². The normalized spacial score (nSPS) is 22.3. The maximum Gasteiger partial charge on any atom is 0.309 e. The number of benzene rings is 1. The van der Waals surface area contributed by atoms with Crippen molar-refractivity contribution in [2.24, 2.45) is 5.92 Å². The molecule has 98 valence electrons. The molecule has 1 aliphatic rings. The Hall–Kier alpha value is -2.35. The summed E-state index contributed by atoms with van der Waals surface area (Å²) in [7, 11) is 0. The van der Waals surface area contributed by atoms with Gasteiger partial charge in [-0.05, 0) is 18.6 Å². The van der Waals surface area contributed by atoms with E-state index in [-0.39, 0.29) is 12.3 Å². The molecule has 1 fully saturated rings. The van der Waals surface area contributed by atoms with Gasteiger partial charge in [0, 0.05) is 13.0 Å². The molecule has 0 aromatic heterocycles. The molecule has 5 nitrogen and oxygen atoms in total. The van der Waals surface area contributed by atoms with Crippen LogP contribution in [0.3, 0.4) is 0 Å². The standard InChI is InChI=1S/C14H14N2O3/c1-2-16-12(17)7-11(14(18)19)13(16)10-6-4-3-5-9(10)8-15/h3-6,11,13H,2,7H2,1H3,(H,18,19). The Morgan fingerprint density at radius 1 is 1.53 bits per heavy atom. The Balaban J connectivity index is 2.52. The maximum absolute atomic E-state index is 11.9. The van der Waals surface area contributed by atoms with E-state index in [1.165, 1.54) is 4.90 Å². The molecule has 0 saturated carbocycles. The topological polar surface area (TPSA) is 81.4 Å². The minimum atomic E-state index is -0.998. The third kappa shape index (κ3) is 2.17. The first kappa shape index (κ1) is 13.1. The molecule has 0 bridgehead atoms. The van der Waals surface area contributed by atoms with E-state index >= 15 is 0 Å². The zero-order valence-corrected chi connectivity index (χ0v) is 10.5. The molecule has 1 heterocycles. The van der Waals surface area contributed by atoms with Crippen LogP contribution in [0, 0.1) is 17.2 Å². The van der Waals surface area contributed by atoms with Crippen molar-refractivity contribution in [1.82, 2.24) is 4.90 Å². The largest absolute Gasteiger partial charge is 0.481 e. The summed E-state index contributed by atoms with van der Waals surface area (Å²) in [6, 6.07) is 8.36. The summed E-state index contributed by atoms with van der Waals surface area (Å²) in [6.45, 7) is 2.25. The number of carbonyl (C=O) groups is 2. The molecule has 0 aliphatic carbocycles. The first-order valence-electron chi connectivity index (χ1n) is 6.11. The first-order valence-corrected chi connectivity index (χ1v) is 6.11. The fraction of sp³-hybridized carbons (Fsp3) is 0.357. The summed E-state index contributed by atoms with van der Waals surface area (Å²) >= 11 is 0. The predicted molar refractivity (Wildman–Crippen MR) is 67.0 cm³/mol. The van der Waals surface area contributed by atoms with Gasteiger partial charge in [-0.15, -0.1) is 0 Å². The zero-order valence-electron chi connectivity index (χ0n) is 10.5. The molecule has 1 aromatic rings. The molecule has 1 aromatic carbocycles. The molecule has 5 heteroatoms. The van der Waals surface area contributed by atoms with E-state index < -0.39 is 17.9 Å². The van der Waals surface area contributed by atoms with Crippen LogP contribution in [0.2, 0.25) is 0 Å². The molecular weight excluding hydrogens is 244 g/mol. The van der Waals surface area contributed by atoms with Gasteiger partial charge in [-0.25, -0.2) is 0 Å². The van der Waals surface area contributed by atoms with Crippen LogP contribution in [0.15, 0.2) is 24.3 Å². The Bertz CT molecular complexity index is 562. The Labute approximate surface area is 111 Å². The Morgan fingerprint density at radius 2 is 2.21 bits per heavy atom. The van der Waals surface area contributed by atoms with Crippen LogP contribution in [0.1, 0.15) is 30.5 Å². The molecular formula is C14H14N2O3. The number of carbonyl (C=O) groups excluding carboxylic acids is 1. The highest BCUT2D eigenvalue weighted by Gasteiger charge is 2.44. The van der Waals surface area contributed by atoms with Gasteiger partial charge >= 0.3 is 5.97 Å². The lowest BCUT2D eigenvalue weighted by Gasteiger charge is -2.26. The van der Waals surface area contributed by atoms with Gasteiger partial charge in [0.1, 0.15) is 0 Å². The number of aliphatic carboxylic acids is 1. The summed E-state index contributed by atoms with van der Waals surface area (Å²) < 4.78 is 0. The zero-order chi connectivity index (χ0) is 14.0. The molecule has 0 spiro atoms. The molecule has 1 amide bonds. The van der Waals surface area contributed by atoms with Crippen molar-refractivity contribution in [2.75, 3.05) is 6.54 Å². The van der Waals surface area contributed by atoms with E-state index in [2.05, 4.69) is 6.07 Å². The number of amides is 1. The van der Waals surface area contributed by atoms with E-state index in [0.717, 1.165) is 0 Å². The van der Waals surface area contributed by atoms with Gasteiger partial charge in [-0.3, -0.25) is 9.59 Å². The van der Waals surface area contributed by atoms with Crippen molar-refractivity contribution in [3.63, 3.8) is 0 Å². The van der Waals surface area contributed by atoms with E-state index in [1.807, 2.05) is 6.92 Å². The van der Waals surface area contributed by atoms with E-state index in [9.17, 15) is 14.7 Å². The summed E-state index contributed by atoms with van der Waals surface area (Å²) in [6.07, 6.45) is -0.00635. The van der Waals surface area contributed by atoms with Gasteiger partial charge in [-0.2, -0.15) is 5.26 Å². The highest BCUT2D eigenvalue weighted by atomic mass is 16.4. The van der Waals surface area contributed by atoms with Crippen LogP contribution in [0.25, 0.3) is 0 Å². The van der Waals surface area contributed by atoms with Crippen molar-refractivity contribution >= 4 is 11.9 Å². The van der Waals surface area contributed by atoms with Crippen molar-refractivity contribution in [1.29, 1.82) is 5.26 Å². The lowest BCUT2D eigenvalue weighted by Crippen LogP contribution is -2.30. The number of hydrogen-bond donors (Lipinski definition) is 1.